The number of halogens is 7. The molecule has 0 unspecified atom stereocenters. The Labute approximate surface area is 204 Å². The van der Waals surface area contributed by atoms with E-state index in [2.05, 4.69) is 11.7 Å². The molecule has 0 atom stereocenters. The van der Waals surface area contributed by atoms with Crippen molar-refractivity contribution in [1.29, 1.82) is 0 Å². The van der Waals surface area contributed by atoms with Gasteiger partial charge in [0.05, 0.1) is 13.2 Å². The van der Waals surface area contributed by atoms with Crippen LogP contribution in [0.5, 0.6) is 5.75 Å². The third kappa shape index (κ3) is 5.34. The molecule has 0 N–H and O–H groups in total. The van der Waals surface area contributed by atoms with Crippen molar-refractivity contribution in [1.82, 2.24) is 0 Å². The Kier molecular flexibility index (Phi) is 7.85. The molecule has 1 aliphatic carbocycles. The lowest BCUT2D eigenvalue weighted by atomic mass is 9.75. The SMILES string of the molecule is CCC1CCC(C2COC(c3cc(F)c(C(F)(F)Oc4cc(F)c(F)c(F)c4C)c(F)c3)OC2)CC1. The van der Waals surface area contributed by atoms with Gasteiger partial charge >= 0.3 is 6.11 Å². The Morgan fingerprint density at radius 3 is 1.97 bits per heavy atom. The summed E-state index contributed by atoms with van der Waals surface area (Å²) in [5.41, 5.74) is -2.68. The molecule has 10 heteroatoms. The summed E-state index contributed by atoms with van der Waals surface area (Å²) in [4.78, 5) is 0. The second-order valence-electron chi connectivity index (χ2n) is 9.54. The van der Waals surface area contributed by atoms with Crippen molar-refractivity contribution < 1.29 is 44.9 Å². The van der Waals surface area contributed by atoms with Gasteiger partial charge in [0, 0.05) is 23.1 Å². The highest BCUT2D eigenvalue weighted by Crippen LogP contribution is 2.41. The minimum atomic E-state index is -4.66. The van der Waals surface area contributed by atoms with Gasteiger partial charge in [0.25, 0.3) is 0 Å². The van der Waals surface area contributed by atoms with Crippen molar-refractivity contribution >= 4 is 0 Å². The van der Waals surface area contributed by atoms with E-state index < -0.39 is 58.4 Å². The van der Waals surface area contributed by atoms with E-state index in [4.69, 9.17) is 9.47 Å². The summed E-state index contributed by atoms with van der Waals surface area (Å²) >= 11 is 0. The Hall–Kier alpha value is -2.33. The van der Waals surface area contributed by atoms with Gasteiger partial charge in [-0.3, -0.25) is 0 Å². The molecule has 4 rings (SSSR count). The van der Waals surface area contributed by atoms with Crippen LogP contribution in [0.15, 0.2) is 18.2 Å². The lowest BCUT2D eigenvalue weighted by molar-refractivity contribution is -0.215. The molecule has 0 spiro atoms. The summed E-state index contributed by atoms with van der Waals surface area (Å²) in [5.74, 6) is -8.54. The fraction of sp³-hybridized carbons (Fsp3) is 0.538. The fourth-order valence-corrected chi connectivity index (χ4v) is 5.02. The van der Waals surface area contributed by atoms with Gasteiger partial charge in [0.1, 0.15) is 22.9 Å². The standard InChI is InChI=1S/C26H27F7O3/c1-3-14-4-6-15(7-5-14)17-11-34-25(35-12-17)16-8-18(27)22(19(28)9-16)26(32,33)36-21-10-20(29)24(31)23(30)13(21)2/h8-10,14-15,17,25H,3-7,11-12H2,1-2H3. The van der Waals surface area contributed by atoms with Crippen molar-refractivity contribution in [3.8, 4) is 5.75 Å². The number of benzene rings is 2. The van der Waals surface area contributed by atoms with E-state index in [0.717, 1.165) is 44.9 Å². The van der Waals surface area contributed by atoms with E-state index in [1.165, 1.54) is 0 Å². The van der Waals surface area contributed by atoms with Crippen molar-refractivity contribution in [3.63, 3.8) is 0 Å². The Morgan fingerprint density at radius 2 is 1.42 bits per heavy atom. The lowest BCUT2D eigenvalue weighted by Crippen LogP contribution is -2.34. The number of ether oxygens (including phenoxy) is 3. The number of alkyl halides is 2. The van der Waals surface area contributed by atoms with E-state index in [1.54, 1.807) is 0 Å². The number of rotatable bonds is 6. The van der Waals surface area contributed by atoms with Crippen molar-refractivity contribution in [2.45, 2.75) is 58.4 Å². The van der Waals surface area contributed by atoms with Crippen molar-refractivity contribution in [2.75, 3.05) is 13.2 Å². The molecule has 1 heterocycles. The Bertz CT molecular complexity index is 1070. The van der Waals surface area contributed by atoms with Crippen molar-refractivity contribution in [3.05, 3.63) is 64.0 Å². The molecular formula is C26H27F7O3. The zero-order chi connectivity index (χ0) is 26.2. The van der Waals surface area contributed by atoms with E-state index in [1.807, 2.05) is 0 Å². The van der Waals surface area contributed by atoms with Crippen LogP contribution in [0.25, 0.3) is 0 Å². The predicted octanol–water partition coefficient (Wildman–Crippen LogP) is 7.70. The van der Waals surface area contributed by atoms with Crippen LogP contribution in [-0.2, 0) is 15.6 Å². The fourth-order valence-electron chi connectivity index (χ4n) is 5.02. The molecule has 1 aliphatic heterocycles. The van der Waals surface area contributed by atoms with Gasteiger partial charge in [-0.1, -0.05) is 26.2 Å². The molecule has 0 amide bonds. The summed E-state index contributed by atoms with van der Waals surface area (Å²) in [6, 6.07) is 1.47. The molecule has 2 aromatic carbocycles. The average molecular weight is 520 g/mol. The molecule has 0 aromatic heterocycles. The molecule has 2 aliphatic rings. The molecule has 2 fully saturated rings. The molecule has 1 saturated heterocycles. The van der Waals surface area contributed by atoms with Crippen LogP contribution in [0.1, 0.15) is 62.0 Å². The summed E-state index contributed by atoms with van der Waals surface area (Å²) in [5, 5.41) is 0. The predicted molar refractivity (Wildman–Crippen MR) is 116 cm³/mol. The number of hydrogen-bond donors (Lipinski definition) is 0. The van der Waals surface area contributed by atoms with Crippen LogP contribution in [-0.4, -0.2) is 13.2 Å². The zero-order valence-electron chi connectivity index (χ0n) is 19.9. The molecule has 36 heavy (non-hydrogen) atoms. The first-order chi connectivity index (χ1) is 17.0. The van der Waals surface area contributed by atoms with Gasteiger partial charge in [-0.05, 0) is 43.7 Å². The van der Waals surface area contributed by atoms with E-state index >= 15 is 0 Å². The van der Waals surface area contributed by atoms with Crippen LogP contribution in [0.3, 0.4) is 0 Å². The van der Waals surface area contributed by atoms with Gasteiger partial charge in [-0.2, -0.15) is 8.78 Å². The zero-order valence-corrected chi connectivity index (χ0v) is 19.9. The maximum atomic E-state index is 14.7. The highest BCUT2D eigenvalue weighted by atomic mass is 19.3. The quantitative estimate of drug-likeness (QED) is 0.289. The summed E-state index contributed by atoms with van der Waals surface area (Å²) in [6.07, 6.45) is -0.225. The largest absolute Gasteiger partial charge is 0.432 e. The van der Waals surface area contributed by atoms with Crippen LogP contribution in [0.4, 0.5) is 30.7 Å². The first kappa shape index (κ1) is 26.7. The minimum absolute atomic E-state index is 0.132. The van der Waals surface area contributed by atoms with Crippen LogP contribution in [0, 0.1) is 53.8 Å². The number of hydrogen-bond acceptors (Lipinski definition) is 3. The molecular weight excluding hydrogens is 493 g/mol. The molecule has 1 saturated carbocycles. The summed E-state index contributed by atoms with van der Waals surface area (Å²) in [7, 11) is 0. The molecule has 2 aromatic rings. The molecule has 198 valence electrons. The maximum absolute atomic E-state index is 14.7. The summed E-state index contributed by atoms with van der Waals surface area (Å²) in [6.45, 7) is 3.67. The van der Waals surface area contributed by atoms with Gasteiger partial charge < -0.3 is 14.2 Å². The Balaban J connectivity index is 1.47. The first-order valence-corrected chi connectivity index (χ1v) is 11.9. The second-order valence-corrected chi connectivity index (χ2v) is 9.54. The van der Waals surface area contributed by atoms with Crippen LogP contribution >= 0.6 is 0 Å². The molecule has 0 radical (unpaired) electrons. The highest BCUT2D eigenvalue weighted by Gasteiger charge is 2.43. The topological polar surface area (TPSA) is 27.7 Å². The third-order valence-electron chi connectivity index (χ3n) is 7.28. The smallest absolute Gasteiger partial charge is 0.428 e. The van der Waals surface area contributed by atoms with Gasteiger partial charge in [0.2, 0.25) is 0 Å². The van der Waals surface area contributed by atoms with E-state index in [0.29, 0.717) is 31.3 Å². The molecule has 0 bridgehead atoms. The first-order valence-electron chi connectivity index (χ1n) is 11.9. The van der Waals surface area contributed by atoms with Crippen LogP contribution < -0.4 is 4.74 Å². The summed E-state index contributed by atoms with van der Waals surface area (Å²) < 4.78 is 115. The lowest BCUT2D eigenvalue weighted by Gasteiger charge is -2.37. The van der Waals surface area contributed by atoms with Gasteiger partial charge in [-0.15, -0.1) is 0 Å². The van der Waals surface area contributed by atoms with Crippen molar-refractivity contribution in [2.24, 2.45) is 17.8 Å². The molecule has 3 nitrogen and oxygen atoms in total. The average Bonchev–Trinajstić information content (AvgIpc) is 2.85. The maximum Gasteiger partial charge on any atom is 0.432 e. The van der Waals surface area contributed by atoms with Crippen LogP contribution in [0.2, 0.25) is 0 Å². The van der Waals surface area contributed by atoms with Gasteiger partial charge in [-0.25, -0.2) is 22.0 Å². The highest BCUT2D eigenvalue weighted by molar-refractivity contribution is 5.37. The Morgan fingerprint density at radius 1 is 0.833 bits per heavy atom. The monoisotopic (exact) mass is 520 g/mol. The normalized spacial score (nSPS) is 25.1. The third-order valence-corrected chi connectivity index (χ3v) is 7.28. The van der Waals surface area contributed by atoms with Gasteiger partial charge in [0.15, 0.2) is 23.7 Å². The van der Waals surface area contributed by atoms with E-state index in [9.17, 15) is 30.7 Å². The minimum Gasteiger partial charge on any atom is -0.428 e. The van der Waals surface area contributed by atoms with E-state index in [-0.39, 0.29) is 17.5 Å². The second kappa shape index (κ2) is 10.6.